The van der Waals surface area contributed by atoms with Crippen LogP contribution in [0.1, 0.15) is 30.1 Å². The van der Waals surface area contributed by atoms with Crippen molar-refractivity contribution in [2.45, 2.75) is 32.0 Å². The number of alkyl halides is 3. The van der Waals surface area contributed by atoms with Crippen molar-refractivity contribution in [3.8, 4) is 22.9 Å². The van der Waals surface area contributed by atoms with Gasteiger partial charge in [0.15, 0.2) is 6.10 Å². The highest BCUT2D eigenvalue weighted by Crippen LogP contribution is 2.35. The van der Waals surface area contributed by atoms with Crippen LogP contribution in [0, 0.1) is 17.6 Å². The van der Waals surface area contributed by atoms with Gasteiger partial charge in [-0.15, -0.1) is 0 Å². The van der Waals surface area contributed by atoms with E-state index in [4.69, 9.17) is 21.1 Å². The zero-order valence-electron chi connectivity index (χ0n) is 18.9. The first kappa shape index (κ1) is 26.3. The Morgan fingerprint density at radius 3 is 2.43 bits per heavy atom. The van der Waals surface area contributed by atoms with Crippen LogP contribution in [-0.2, 0) is 4.79 Å². The summed E-state index contributed by atoms with van der Waals surface area (Å²) in [6, 6.07) is 5.02. The number of benzene rings is 2. The molecule has 194 valence electrons. The number of carbonyl (C=O) groups is 2. The van der Waals surface area contributed by atoms with E-state index in [1.807, 2.05) is 0 Å². The molecule has 1 heterocycles. The molecular formula is C24H17ClF5N3O4. The molecule has 1 aliphatic carbocycles. The van der Waals surface area contributed by atoms with Gasteiger partial charge in [0.1, 0.15) is 17.4 Å². The summed E-state index contributed by atoms with van der Waals surface area (Å²) in [6.45, 7) is 0.696. The van der Waals surface area contributed by atoms with E-state index >= 15 is 4.39 Å². The normalized spacial score (nSPS) is 14.1. The van der Waals surface area contributed by atoms with Gasteiger partial charge in [-0.3, -0.25) is 9.59 Å². The predicted octanol–water partition coefficient (Wildman–Crippen LogP) is 5.97. The van der Waals surface area contributed by atoms with Crippen LogP contribution >= 0.6 is 11.6 Å². The molecule has 7 nitrogen and oxygen atoms in total. The Hall–Kier alpha value is -3.80. The molecule has 0 radical (unpaired) electrons. The van der Waals surface area contributed by atoms with E-state index in [0.29, 0.717) is 25.8 Å². The van der Waals surface area contributed by atoms with Crippen molar-refractivity contribution in [3.63, 3.8) is 0 Å². The Bertz CT molecular complexity index is 1330. The standard InChI is InChI=1S/C24H17ClF5N3O4/c1-11(24(28,29)30)36-19-8-13(18-9-32-20(10-31-18)37-23(35)12-5-6-12)17(27)7-14(19)22(34)33-21-15(25)3-2-4-16(21)26/h2-4,7-12H,5-6H2,1H3,(H,33,34). The molecule has 0 bridgehead atoms. The minimum Gasteiger partial charge on any atom is -0.480 e. The molecule has 1 amide bonds. The van der Waals surface area contributed by atoms with Crippen molar-refractivity contribution in [3.05, 3.63) is 64.9 Å². The highest BCUT2D eigenvalue weighted by Gasteiger charge is 2.39. The van der Waals surface area contributed by atoms with Crippen molar-refractivity contribution in [2.24, 2.45) is 5.92 Å². The first-order chi connectivity index (χ1) is 17.4. The molecule has 1 fully saturated rings. The van der Waals surface area contributed by atoms with Gasteiger partial charge in [0, 0.05) is 5.56 Å². The summed E-state index contributed by atoms with van der Waals surface area (Å²) in [6.07, 6.45) is -3.69. The monoisotopic (exact) mass is 541 g/mol. The molecule has 1 unspecified atom stereocenters. The van der Waals surface area contributed by atoms with Gasteiger partial charge >= 0.3 is 12.1 Å². The van der Waals surface area contributed by atoms with E-state index in [1.165, 1.54) is 12.1 Å². The third kappa shape index (κ3) is 6.13. The van der Waals surface area contributed by atoms with E-state index in [1.54, 1.807) is 0 Å². The SMILES string of the molecule is CC(Oc1cc(-c2cnc(OC(=O)C3CC3)cn2)c(F)cc1C(=O)Nc1c(F)cccc1Cl)C(F)(F)F. The number of hydrogen-bond donors (Lipinski definition) is 1. The smallest absolute Gasteiger partial charge is 0.425 e. The summed E-state index contributed by atoms with van der Waals surface area (Å²) in [5, 5.41) is 1.94. The Labute approximate surface area is 211 Å². The van der Waals surface area contributed by atoms with Crippen LogP contribution in [0.3, 0.4) is 0 Å². The lowest BCUT2D eigenvalue weighted by Crippen LogP contribution is -2.32. The second-order valence-corrected chi connectivity index (χ2v) is 8.52. The second kappa shape index (κ2) is 10.3. The van der Waals surface area contributed by atoms with Crippen LogP contribution in [0.4, 0.5) is 27.6 Å². The minimum absolute atomic E-state index is 0.138. The fraction of sp³-hybridized carbons (Fsp3) is 0.250. The van der Waals surface area contributed by atoms with E-state index < -0.39 is 52.8 Å². The van der Waals surface area contributed by atoms with Crippen molar-refractivity contribution in [1.82, 2.24) is 9.97 Å². The fourth-order valence-electron chi connectivity index (χ4n) is 3.09. The number of aromatic nitrogens is 2. The van der Waals surface area contributed by atoms with Crippen LogP contribution in [0.15, 0.2) is 42.7 Å². The predicted molar refractivity (Wildman–Crippen MR) is 121 cm³/mol. The molecule has 0 saturated heterocycles. The molecule has 3 aromatic rings. The lowest BCUT2D eigenvalue weighted by Gasteiger charge is -2.20. The molecule has 1 N–H and O–H groups in total. The number of para-hydroxylation sites is 1. The number of nitrogens with one attached hydrogen (secondary N) is 1. The topological polar surface area (TPSA) is 90.4 Å². The molecule has 2 aromatic carbocycles. The molecule has 1 atom stereocenters. The van der Waals surface area contributed by atoms with Crippen molar-refractivity contribution < 1.29 is 41.0 Å². The third-order valence-corrected chi connectivity index (χ3v) is 5.61. The number of hydrogen-bond acceptors (Lipinski definition) is 6. The van der Waals surface area contributed by atoms with Gasteiger partial charge in [-0.25, -0.2) is 18.7 Å². The summed E-state index contributed by atoms with van der Waals surface area (Å²) in [5.74, 6) is -4.62. The summed E-state index contributed by atoms with van der Waals surface area (Å²) < 4.78 is 78.8. The van der Waals surface area contributed by atoms with Crippen LogP contribution < -0.4 is 14.8 Å². The molecule has 1 saturated carbocycles. The largest absolute Gasteiger partial charge is 0.480 e. The Morgan fingerprint density at radius 2 is 1.84 bits per heavy atom. The lowest BCUT2D eigenvalue weighted by atomic mass is 10.1. The van der Waals surface area contributed by atoms with E-state index in [2.05, 4.69) is 15.3 Å². The van der Waals surface area contributed by atoms with Crippen molar-refractivity contribution >= 4 is 29.2 Å². The van der Waals surface area contributed by atoms with Gasteiger partial charge in [-0.2, -0.15) is 13.2 Å². The van der Waals surface area contributed by atoms with Gasteiger partial charge in [-0.05, 0) is 44.0 Å². The maximum atomic E-state index is 15.1. The summed E-state index contributed by atoms with van der Waals surface area (Å²) in [4.78, 5) is 32.4. The molecule has 1 aliphatic rings. The Balaban J connectivity index is 1.68. The summed E-state index contributed by atoms with van der Waals surface area (Å²) >= 11 is 5.89. The van der Waals surface area contributed by atoms with Crippen LogP contribution in [0.2, 0.25) is 5.02 Å². The van der Waals surface area contributed by atoms with E-state index in [-0.39, 0.29) is 28.1 Å². The fourth-order valence-corrected chi connectivity index (χ4v) is 3.30. The molecule has 4 rings (SSSR count). The minimum atomic E-state index is -4.82. The summed E-state index contributed by atoms with van der Waals surface area (Å²) in [5.41, 5.74) is -1.59. The average molecular weight is 542 g/mol. The van der Waals surface area contributed by atoms with Crippen molar-refractivity contribution in [1.29, 1.82) is 0 Å². The van der Waals surface area contributed by atoms with Gasteiger partial charge in [0.25, 0.3) is 5.91 Å². The quantitative estimate of drug-likeness (QED) is 0.293. The number of carbonyl (C=O) groups excluding carboxylic acids is 2. The molecule has 0 aliphatic heterocycles. The van der Waals surface area contributed by atoms with Gasteiger partial charge < -0.3 is 14.8 Å². The Morgan fingerprint density at radius 1 is 1.11 bits per heavy atom. The lowest BCUT2D eigenvalue weighted by molar-refractivity contribution is -0.189. The number of ether oxygens (including phenoxy) is 2. The zero-order valence-corrected chi connectivity index (χ0v) is 19.7. The molecule has 13 heteroatoms. The van der Waals surface area contributed by atoms with Crippen LogP contribution in [0.25, 0.3) is 11.3 Å². The Kier molecular flexibility index (Phi) is 7.30. The number of nitrogens with zero attached hydrogens (tertiary/aromatic N) is 2. The molecule has 0 spiro atoms. The molecular weight excluding hydrogens is 525 g/mol. The van der Waals surface area contributed by atoms with Gasteiger partial charge in [-0.1, -0.05) is 17.7 Å². The summed E-state index contributed by atoms with van der Waals surface area (Å²) in [7, 11) is 0. The molecule has 1 aromatic heterocycles. The van der Waals surface area contributed by atoms with Gasteiger partial charge in [0.05, 0.1) is 40.3 Å². The van der Waals surface area contributed by atoms with Crippen LogP contribution in [0.5, 0.6) is 11.6 Å². The first-order valence-corrected chi connectivity index (χ1v) is 11.2. The number of amides is 1. The van der Waals surface area contributed by atoms with Crippen molar-refractivity contribution in [2.75, 3.05) is 5.32 Å². The van der Waals surface area contributed by atoms with Crippen LogP contribution in [-0.4, -0.2) is 34.1 Å². The maximum absolute atomic E-state index is 15.1. The van der Waals surface area contributed by atoms with E-state index in [9.17, 15) is 27.2 Å². The maximum Gasteiger partial charge on any atom is 0.425 e. The zero-order chi connectivity index (χ0) is 26.9. The third-order valence-electron chi connectivity index (χ3n) is 5.30. The first-order valence-electron chi connectivity index (χ1n) is 10.8. The van der Waals surface area contributed by atoms with E-state index in [0.717, 1.165) is 24.5 Å². The number of rotatable bonds is 7. The van der Waals surface area contributed by atoms with Gasteiger partial charge in [0.2, 0.25) is 5.88 Å². The average Bonchev–Trinajstić information content (AvgIpc) is 3.68. The highest BCUT2D eigenvalue weighted by molar-refractivity contribution is 6.34. The molecule has 37 heavy (non-hydrogen) atoms. The number of esters is 1. The highest BCUT2D eigenvalue weighted by atomic mass is 35.5. The second-order valence-electron chi connectivity index (χ2n) is 8.12. The number of anilines is 1. The number of halogens is 6.